The number of esters is 1. The van der Waals surface area contributed by atoms with E-state index in [4.69, 9.17) is 24.7 Å². The van der Waals surface area contributed by atoms with Crippen LogP contribution < -0.4 is 30.0 Å². The smallest absolute Gasteiger partial charge is 0.312 e. The molecular formula is C20H26BrN3O6. The van der Waals surface area contributed by atoms with Crippen molar-refractivity contribution in [3.8, 4) is 34.3 Å². The first-order valence-corrected chi connectivity index (χ1v) is 10.1. The standard InChI is InChI=1S/C20H26BrN3O6/c1-5-6-15(26)30-20-17(21)16(12(24-20)10-23-14(25)9-22)11-7-8-13(27-2)19(29-4)18(11)28-3/h7-8,24H,5-6,9-10,22H2,1-4H3,(H,23,25). The summed E-state index contributed by atoms with van der Waals surface area (Å²) >= 11 is 3.51. The summed E-state index contributed by atoms with van der Waals surface area (Å²) in [4.78, 5) is 26.8. The second-order valence-electron chi connectivity index (χ2n) is 6.21. The molecule has 0 aliphatic rings. The monoisotopic (exact) mass is 483 g/mol. The van der Waals surface area contributed by atoms with E-state index in [2.05, 4.69) is 26.2 Å². The number of hydrogen-bond acceptors (Lipinski definition) is 7. The van der Waals surface area contributed by atoms with Crippen molar-refractivity contribution in [2.45, 2.75) is 26.3 Å². The van der Waals surface area contributed by atoms with Gasteiger partial charge in [-0.15, -0.1) is 0 Å². The molecule has 0 spiro atoms. The van der Waals surface area contributed by atoms with Gasteiger partial charge in [0.15, 0.2) is 11.5 Å². The molecule has 0 unspecified atom stereocenters. The van der Waals surface area contributed by atoms with Crippen LogP contribution in [0.5, 0.6) is 23.1 Å². The Morgan fingerprint density at radius 3 is 2.40 bits per heavy atom. The number of H-pyrrole nitrogens is 1. The van der Waals surface area contributed by atoms with E-state index in [1.807, 2.05) is 6.92 Å². The van der Waals surface area contributed by atoms with E-state index in [0.717, 1.165) is 0 Å². The molecule has 10 heteroatoms. The Balaban J connectivity index is 2.63. The Morgan fingerprint density at radius 2 is 1.83 bits per heavy atom. The van der Waals surface area contributed by atoms with Crippen molar-refractivity contribution in [3.05, 3.63) is 22.3 Å². The van der Waals surface area contributed by atoms with Crippen molar-refractivity contribution < 1.29 is 28.5 Å². The van der Waals surface area contributed by atoms with Crippen molar-refractivity contribution in [2.24, 2.45) is 5.73 Å². The van der Waals surface area contributed by atoms with E-state index in [-0.39, 0.29) is 37.3 Å². The molecule has 1 heterocycles. The highest BCUT2D eigenvalue weighted by Gasteiger charge is 2.26. The first kappa shape index (κ1) is 23.6. The summed E-state index contributed by atoms with van der Waals surface area (Å²) in [5.74, 6) is 0.870. The Bertz CT molecular complexity index is 912. The lowest BCUT2D eigenvalue weighted by Crippen LogP contribution is -2.30. The molecule has 0 saturated carbocycles. The predicted molar refractivity (Wildman–Crippen MR) is 115 cm³/mol. The van der Waals surface area contributed by atoms with Crippen LogP contribution >= 0.6 is 15.9 Å². The zero-order valence-electron chi connectivity index (χ0n) is 17.4. The Labute approximate surface area is 183 Å². The number of nitrogens with two attached hydrogens (primary N) is 1. The Morgan fingerprint density at radius 1 is 1.13 bits per heavy atom. The van der Waals surface area contributed by atoms with E-state index < -0.39 is 0 Å². The van der Waals surface area contributed by atoms with Crippen LogP contribution in [0.1, 0.15) is 25.5 Å². The molecule has 1 amide bonds. The minimum atomic E-state index is -0.372. The maximum Gasteiger partial charge on any atom is 0.312 e. The average Bonchev–Trinajstić information content (AvgIpc) is 3.05. The molecule has 1 aromatic heterocycles. The number of hydrogen-bond donors (Lipinski definition) is 3. The van der Waals surface area contributed by atoms with E-state index in [1.54, 1.807) is 12.1 Å². The lowest BCUT2D eigenvalue weighted by atomic mass is 10.0. The van der Waals surface area contributed by atoms with Gasteiger partial charge in [0.25, 0.3) is 0 Å². The van der Waals surface area contributed by atoms with Gasteiger partial charge in [-0.25, -0.2) is 0 Å². The van der Waals surface area contributed by atoms with Gasteiger partial charge in [-0.2, -0.15) is 0 Å². The van der Waals surface area contributed by atoms with Crippen LogP contribution in [-0.2, 0) is 16.1 Å². The summed E-state index contributed by atoms with van der Waals surface area (Å²) in [5, 5.41) is 2.71. The molecule has 1 aromatic carbocycles. The summed E-state index contributed by atoms with van der Waals surface area (Å²) in [6.45, 7) is 1.88. The molecule has 0 aliphatic heterocycles. The number of benzene rings is 1. The van der Waals surface area contributed by atoms with Gasteiger partial charge in [0.1, 0.15) is 0 Å². The summed E-state index contributed by atoms with van der Waals surface area (Å²) in [6, 6.07) is 3.53. The van der Waals surface area contributed by atoms with E-state index in [0.29, 0.717) is 45.0 Å². The van der Waals surface area contributed by atoms with Gasteiger partial charge in [-0.3, -0.25) is 9.59 Å². The lowest BCUT2D eigenvalue weighted by molar-refractivity contribution is -0.134. The van der Waals surface area contributed by atoms with Gasteiger partial charge < -0.3 is 35.0 Å². The zero-order chi connectivity index (χ0) is 22.3. The fourth-order valence-electron chi connectivity index (χ4n) is 2.91. The third-order valence-electron chi connectivity index (χ3n) is 4.28. The van der Waals surface area contributed by atoms with Crippen LogP contribution in [0.3, 0.4) is 0 Å². The van der Waals surface area contributed by atoms with Gasteiger partial charge in [0, 0.05) is 23.2 Å². The van der Waals surface area contributed by atoms with Crippen LogP contribution in [0.4, 0.5) is 0 Å². The number of aromatic amines is 1. The zero-order valence-corrected chi connectivity index (χ0v) is 19.0. The summed E-state index contributed by atoms with van der Waals surface area (Å²) in [6.07, 6.45) is 0.937. The number of methoxy groups -OCH3 is 3. The molecule has 9 nitrogen and oxygen atoms in total. The Kier molecular flexibility index (Phi) is 8.55. The molecule has 2 aromatic rings. The van der Waals surface area contributed by atoms with E-state index in [1.165, 1.54) is 21.3 Å². The topological polar surface area (TPSA) is 125 Å². The maximum absolute atomic E-state index is 12.0. The van der Waals surface area contributed by atoms with Crippen molar-refractivity contribution in [2.75, 3.05) is 27.9 Å². The minimum Gasteiger partial charge on any atom is -0.493 e. The number of nitrogens with one attached hydrogen (secondary N) is 2. The number of rotatable bonds is 10. The highest BCUT2D eigenvalue weighted by atomic mass is 79.9. The molecule has 0 radical (unpaired) electrons. The molecule has 0 atom stereocenters. The molecule has 2 rings (SSSR count). The fourth-order valence-corrected chi connectivity index (χ4v) is 3.54. The molecule has 0 aliphatic carbocycles. The number of amides is 1. The largest absolute Gasteiger partial charge is 0.493 e. The second kappa shape index (κ2) is 10.9. The van der Waals surface area contributed by atoms with Crippen molar-refractivity contribution >= 4 is 27.8 Å². The first-order valence-electron chi connectivity index (χ1n) is 9.28. The van der Waals surface area contributed by atoms with Crippen LogP contribution in [0.2, 0.25) is 0 Å². The number of halogens is 1. The molecule has 0 fully saturated rings. The predicted octanol–water partition coefficient (Wildman–Crippen LogP) is 2.75. The number of aromatic nitrogens is 1. The fraction of sp³-hybridized carbons (Fsp3) is 0.400. The minimum absolute atomic E-state index is 0.132. The third-order valence-corrected chi connectivity index (χ3v) is 5.03. The van der Waals surface area contributed by atoms with Crippen molar-refractivity contribution in [1.29, 1.82) is 0 Å². The normalized spacial score (nSPS) is 10.5. The van der Waals surface area contributed by atoms with E-state index >= 15 is 0 Å². The van der Waals surface area contributed by atoms with Gasteiger partial charge >= 0.3 is 5.97 Å². The van der Waals surface area contributed by atoms with Crippen molar-refractivity contribution in [1.82, 2.24) is 10.3 Å². The summed E-state index contributed by atoms with van der Waals surface area (Å²) in [5.41, 5.74) is 7.26. The summed E-state index contributed by atoms with van der Waals surface area (Å²) in [7, 11) is 4.55. The van der Waals surface area contributed by atoms with Gasteiger partial charge in [0.2, 0.25) is 17.5 Å². The number of carbonyl (C=O) groups is 2. The molecule has 0 bridgehead atoms. The van der Waals surface area contributed by atoms with Gasteiger partial charge in [-0.05, 0) is 34.5 Å². The SMILES string of the molecule is CCCC(=O)Oc1[nH]c(CNC(=O)CN)c(-c2ccc(OC)c(OC)c2OC)c1Br. The van der Waals surface area contributed by atoms with Crippen molar-refractivity contribution in [3.63, 3.8) is 0 Å². The maximum atomic E-state index is 12.0. The molecule has 164 valence electrons. The van der Waals surface area contributed by atoms with Crippen LogP contribution in [0, 0.1) is 0 Å². The van der Waals surface area contributed by atoms with E-state index in [9.17, 15) is 9.59 Å². The quantitative estimate of drug-likeness (QED) is 0.443. The van der Waals surface area contributed by atoms with Gasteiger partial charge in [0.05, 0.1) is 38.9 Å². The number of ether oxygens (including phenoxy) is 4. The van der Waals surface area contributed by atoms with Crippen LogP contribution in [-0.4, -0.2) is 44.7 Å². The number of carbonyl (C=O) groups excluding carboxylic acids is 2. The highest BCUT2D eigenvalue weighted by Crippen LogP contribution is 2.49. The van der Waals surface area contributed by atoms with Gasteiger partial charge in [-0.1, -0.05) is 6.92 Å². The Hall–Kier alpha value is -2.72. The third kappa shape index (κ3) is 5.06. The lowest BCUT2D eigenvalue weighted by Gasteiger charge is -2.16. The molecular weight excluding hydrogens is 458 g/mol. The average molecular weight is 484 g/mol. The molecule has 30 heavy (non-hydrogen) atoms. The second-order valence-corrected chi connectivity index (χ2v) is 7.00. The first-order chi connectivity index (χ1) is 14.4. The van der Waals surface area contributed by atoms with Crippen LogP contribution in [0.15, 0.2) is 16.6 Å². The molecule has 4 N–H and O–H groups in total. The highest BCUT2D eigenvalue weighted by molar-refractivity contribution is 9.10. The summed E-state index contributed by atoms with van der Waals surface area (Å²) < 4.78 is 22.4. The van der Waals surface area contributed by atoms with Crippen LogP contribution in [0.25, 0.3) is 11.1 Å². The molecule has 0 saturated heterocycles.